The molecule has 1 atom stereocenters. The molecule has 1 aliphatic heterocycles. The zero-order valence-electron chi connectivity index (χ0n) is 20.2. The molecule has 4 aromatic rings. The van der Waals surface area contributed by atoms with Gasteiger partial charge in [-0.25, -0.2) is 17.2 Å². The number of ether oxygens (including phenoxy) is 1. The number of carbonyl (C=O) groups excluding carboxylic acids is 1. The number of sulfonamides is 1. The summed E-state index contributed by atoms with van der Waals surface area (Å²) < 4.78 is 103. The van der Waals surface area contributed by atoms with Crippen molar-refractivity contribution in [2.75, 3.05) is 17.4 Å². The molecule has 0 unspecified atom stereocenters. The summed E-state index contributed by atoms with van der Waals surface area (Å²) in [4.78, 5) is 11.7. The Bertz CT molecular complexity index is 1680. The van der Waals surface area contributed by atoms with Gasteiger partial charge < -0.3 is 10.1 Å². The third-order valence-corrected chi connectivity index (χ3v) is 7.88. The monoisotopic (exact) mass is 578 g/mol. The van der Waals surface area contributed by atoms with Gasteiger partial charge in [0.1, 0.15) is 29.2 Å². The molecule has 0 saturated heterocycles. The van der Waals surface area contributed by atoms with E-state index in [1.165, 1.54) is 30.5 Å². The molecule has 0 fully saturated rings. The second kappa shape index (κ2) is 10.3. The summed E-state index contributed by atoms with van der Waals surface area (Å²) in [5, 5.41) is 8.81. The summed E-state index contributed by atoms with van der Waals surface area (Å²) in [6.07, 6.45) is -4.33. The SMILES string of the molecule is O=C(NC[C@H]1CN(S(=O)(=O)c2cccc(C(F)(F)F)c2)c2cc(-c3cc(F)ccc3F)ccc2O1)c1cc[nH]n1. The van der Waals surface area contributed by atoms with Crippen LogP contribution in [0.4, 0.5) is 27.6 Å². The number of hydrogen-bond acceptors (Lipinski definition) is 5. The largest absolute Gasteiger partial charge is 0.484 e. The van der Waals surface area contributed by atoms with Crippen molar-refractivity contribution in [2.45, 2.75) is 17.2 Å². The number of halogens is 5. The Balaban J connectivity index is 1.55. The minimum absolute atomic E-state index is 0.00128. The number of H-pyrrole nitrogens is 1. The van der Waals surface area contributed by atoms with E-state index in [2.05, 4.69) is 15.5 Å². The van der Waals surface area contributed by atoms with Crippen LogP contribution in [-0.4, -0.2) is 43.7 Å². The van der Waals surface area contributed by atoms with Crippen LogP contribution in [0.3, 0.4) is 0 Å². The van der Waals surface area contributed by atoms with Crippen molar-refractivity contribution < 1.29 is 39.9 Å². The third-order valence-electron chi connectivity index (χ3n) is 6.10. The Morgan fingerprint density at radius 3 is 2.60 bits per heavy atom. The van der Waals surface area contributed by atoms with Gasteiger partial charge in [-0.05, 0) is 60.2 Å². The van der Waals surface area contributed by atoms with Gasteiger partial charge in [0.2, 0.25) is 0 Å². The number of amides is 1. The lowest BCUT2D eigenvalue weighted by Gasteiger charge is -2.36. The molecule has 2 heterocycles. The van der Waals surface area contributed by atoms with Gasteiger partial charge in [0.05, 0.1) is 29.2 Å². The predicted molar refractivity (Wildman–Crippen MR) is 133 cm³/mol. The van der Waals surface area contributed by atoms with Crippen LogP contribution in [-0.2, 0) is 16.2 Å². The van der Waals surface area contributed by atoms with E-state index in [-0.39, 0.29) is 34.8 Å². The van der Waals surface area contributed by atoms with Gasteiger partial charge >= 0.3 is 6.18 Å². The fourth-order valence-corrected chi connectivity index (χ4v) is 5.72. The first-order chi connectivity index (χ1) is 18.9. The highest BCUT2D eigenvalue weighted by Gasteiger charge is 2.37. The van der Waals surface area contributed by atoms with Crippen LogP contribution in [0, 0.1) is 11.6 Å². The fraction of sp³-hybridized carbons (Fsp3) is 0.154. The van der Waals surface area contributed by atoms with Crippen LogP contribution in [0.25, 0.3) is 11.1 Å². The molecule has 40 heavy (non-hydrogen) atoms. The lowest BCUT2D eigenvalue weighted by atomic mass is 10.0. The van der Waals surface area contributed by atoms with Crippen LogP contribution in [0.5, 0.6) is 5.75 Å². The number of nitrogens with one attached hydrogen (secondary N) is 2. The van der Waals surface area contributed by atoms with Crippen molar-refractivity contribution in [3.8, 4) is 16.9 Å². The average Bonchev–Trinajstić information content (AvgIpc) is 3.47. The number of alkyl halides is 3. The first-order valence-electron chi connectivity index (χ1n) is 11.7. The fourth-order valence-electron chi connectivity index (χ4n) is 4.18. The van der Waals surface area contributed by atoms with E-state index in [1.807, 2.05) is 0 Å². The van der Waals surface area contributed by atoms with Crippen molar-refractivity contribution in [2.24, 2.45) is 0 Å². The van der Waals surface area contributed by atoms with Gasteiger partial charge in [0, 0.05) is 11.8 Å². The Labute approximate surface area is 224 Å². The molecule has 14 heteroatoms. The molecular weight excluding hydrogens is 559 g/mol. The van der Waals surface area contributed by atoms with E-state index in [4.69, 9.17) is 4.74 Å². The van der Waals surface area contributed by atoms with E-state index < -0.39 is 56.8 Å². The van der Waals surface area contributed by atoms with Gasteiger partial charge in [0.25, 0.3) is 15.9 Å². The molecular formula is C26H19F5N4O4S. The maximum absolute atomic E-state index is 14.5. The van der Waals surface area contributed by atoms with Crippen molar-refractivity contribution >= 4 is 21.6 Å². The molecule has 0 bridgehead atoms. The average molecular weight is 579 g/mol. The molecule has 0 radical (unpaired) electrons. The number of rotatable bonds is 6. The molecule has 0 saturated carbocycles. The summed E-state index contributed by atoms with van der Waals surface area (Å²) in [5.41, 5.74) is -1.25. The Kier molecular flexibility index (Phi) is 6.96. The van der Waals surface area contributed by atoms with Crippen LogP contribution < -0.4 is 14.4 Å². The van der Waals surface area contributed by atoms with Gasteiger partial charge in [-0.15, -0.1) is 0 Å². The molecule has 1 amide bonds. The summed E-state index contributed by atoms with van der Waals surface area (Å²) in [5.74, 6) is -2.07. The molecule has 1 aliphatic rings. The van der Waals surface area contributed by atoms with Crippen LogP contribution in [0.2, 0.25) is 0 Å². The minimum atomic E-state index is -4.80. The van der Waals surface area contributed by atoms with E-state index in [1.54, 1.807) is 0 Å². The van der Waals surface area contributed by atoms with E-state index in [9.17, 15) is 35.2 Å². The number of carbonyl (C=O) groups is 1. The van der Waals surface area contributed by atoms with Crippen molar-refractivity contribution in [1.29, 1.82) is 0 Å². The van der Waals surface area contributed by atoms with Gasteiger partial charge in [-0.1, -0.05) is 12.1 Å². The van der Waals surface area contributed by atoms with Crippen molar-refractivity contribution in [3.05, 3.63) is 95.8 Å². The predicted octanol–water partition coefficient (Wildman–Crippen LogP) is 4.76. The maximum Gasteiger partial charge on any atom is 0.416 e. The quantitative estimate of drug-likeness (QED) is 0.321. The molecule has 208 valence electrons. The van der Waals surface area contributed by atoms with Crippen molar-refractivity contribution in [3.63, 3.8) is 0 Å². The van der Waals surface area contributed by atoms with Gasteiger partial charge in [0.15, 0.2) is 0 Å². The standard InChI is InChI=1S/C26H19F5N4O4S/c27-17-5-6-21(28)20(12-17)15-4-7-24-23(10-15)35(14-18(39-24)13-32-25(36)22-8-9-33-34-22)40(37,38)19-3-1-2-16(11-19)26(29,30)31/h1-12,18H,13-14H2,(H,32,36)(H,33,34)/t18-/m0/s1. The van der Waals surface area contributed by atoms with Crippen molar-refractivity contribution in [1.82, 2.24) is 15.5 Å². The Morgan fingerprint density at radius 2 is 1.88 bits per heavy atom. The molecule has 2 N–H and O–H groups in total. The molecule has 0 aliphatic carbocycles. The lowest BCUT2D eigenvalue weighted by Crippen LogP contribution is -2.48. The zero-order chi connectivity index (χ0) is 28.7. The van der Waals surface area contributed by atoms with Gasteiger partial charge in [-0.2, -0.15) is 18.3 Å². The molecule has 3 aromatic carbocycles. The second-order valence-electron chi connectivity index (χ2n) is 8.78. The number of fused-ring (bicyclic) bond motifs is 1. The highest BCUT2D eigenvalue weighted by molar-refractivity contribution is 7.92. The summed E-state index contributed by atoms with van der Waals surface area (Å²) in [6.45, 7) is -0.596. The van der Waals surface area contributed by atoms with Crippen LogP contribution in [0.15, 0.2) is 77.8 Å². The van der Waals surface area contributed by atoms with E-state index >= 15 is 0 Å². The number of hydrogen-bond donors (Lipinski definition) is 2. The molecule has 8 nitrogen and oxygen atoms in total. The Morgan fingerprint density at radius 1 is 1.07 bits per heavy atom. The topological polar surface area (TPSA) is 104 Å². The number of aromatic nitrogens is 2. The second-order valence-corrected chi connectivity index (χ2v) is 10.6. The molecule has 1 aromatic heterocycles. The lowest BCUT2D eigenvalue weighted by molar-refractivity contribution is -0.137. The normalized spacial score (nSPS) is 15.3. The molecule has 0 spiro atoms. The highest BCUT2D eigenvalue weighted by atomic mass is 32.2. The first-order valence-corrected chi connectivity index (χ1v) is 13.1. The smallest absolute Gasteiger partial charge is 0.416 e. The first kappa shape index (κ1) is 27.1. The van der Waals surface area contributed by atoms with E-state index in [0.717, 1.165) is 40.7 Å². The third kappa shape index (κ3) is 5.34. The summed E-state index contributed by atoms with van der Waals surface area (Å²) >= 11 is 0. The zero-order valence-corrected chi connectivity index (χ0v) is 21.1. The summed E-state index contributed by atoms with van der Waals surface area (Å²) in [6, 6.07) is 11.4. The van der Waals surface area contributed by atoms with Crippen LogP contribution >= 0.6 is 0 Å². The number of aromatic amines is 1. The van der Waals surface area contributed by atoms with E-state index in [0.29, 0.717) is 6.07 Å². The maximum atomic E-state index is 14.5. The van der Waals surface area contributed by atoms with Gasteiger partial charge in [-0.3, -0.25) is 14.2 Å². The molecule has 5 rings (SSSR count). The number of benzene rings is 3. The summed E-state index contributed by atoms with van der Waals surface area (Å²) in [7, 11) is -4.63. The number of nitrogens with zero attached hydrogens (tertiary/aromatic N) is 2. The highest BCUT2D eigenvalue weighted by Crippen LogP contribution is 2.41. The Hall–Kier alpha value is -4.46. The number of anilines is 1. The minimum Gasteiger partial charge on any atom is -0.484 e. The van der Waals surface area contributed by atoms with Crippen LogP contribution in [0.1, 0.15) is 16.1 Å².